The topological polar surface area (TPSA) is 86.3 Å². The maximum atomic E-state index is 12.5. The van der Waals surface area contributed by atoms with Gasteiger partial charge in [-0.2, -0.15) is 9.40 Å². The highest BCUT2D eigenvalue weighted by atomic mass is 32.2. The van der Waals surface area contributed by atoms with Gasteiger partial charge in [-0.05, 0) is 18.8 Å². The summed E-state index contributed by atoms with van der Waals surface area (Å²) in [6.45, 7) is 1.82. The number of sulfonamides is 1. The van der Waals surface area contributed by atoms with Gasteiger partial charge in [0.05, 0.1) is 12.8 Å². The average Bonchev–Trinajstić information content (AvgIpc) is 2.86. The fourth-order valence-corrected chi connectivity index (χ4v) is 4.20. The molecular weight excluding hydrogens is 266 g/mol. The number of nitrogens with zero attached hydrogens (tertiary/aromatic N) is 2. The van der Waals surface area contributed by atoms with E-state index in [1.807, 2.05) is 0 Å². The van der Waals surface area contributed by atoms with Crippen molar-refractivity contribution in [2.75, 3.05) is 7.05 Å². The van der Waals surface area contributed by atoms with Crippen molar-refractivity contribution in [2.24, 2.45) is 5.92 Å². The lowest BCUT2D eigenvalue weighted by Gasteiger charge is -2.33. The van der Waals surface area contributed by atoms with Crippen LogP contribution in [0.4, 0.5) is 0 Å². The normalized spacial score (nSPS) is 24.8. The molecule has 1 saturated carbocycles. The summed E-state index contributed by atoms with van der Waals surface area (Å²) in [4.78, 5) is 0. The van der Waals surface area contributed by atoms with E-state index in [1.54, 1.807) is 7.05 Å². The Morgan fingerprint density at radius 1 is 1.53 bits per heavy atom. The quantitative estimate of drug-likeness (QED) is 0.868. The van der Waals surface area contributed by atoms with Crippen molar-refractivity contribution in [3.8, 4) is 0 Å². The van der Waals surface area contributed by atoms with Crippen molar-refractivity contribution >= 4 is 10.0 Å². The number of hydrogen-bond acceptors (Lipinski definition) is 4. The Morgan fingerprint density at radius 2 is 2.26 bits per heavy atom. The van der Waals surface area contributed by atoms with Crippen LogP contribution in [-0.2, 0) is 16.6 Å². The van der Waals surface area contributed by atoms with Crippen LogP contribution in [0.5, 0.6) is 0 Å². The Morgan fingerprint density at radius 3 is 2.89 bits per heavy atom. The fourth-order valence-electron chi connectivity index (χ4n) is 2.71. The first-order chi connectivity index (χ1) is 8.96. The Balaban J connectivity index is 2.24. The number of aromatic amines is 1. The van der Waals surface area contributed by atoms with Gasteiger partial charge in [-0.15, -0.1) is 0 Å². The lowest BCUT2D eigenvalue weighted by molar-refractivity contribution is 0.237. The van der Waals surface area contributed by atoms with Gasteiger partial charge in [0.1, 0.15) is 0 Å². The van der Waals surface area contributed by atoms with E-state index in [9.17, 15) is 8.42 Å². The molecule has 1 aliphatic carbocycles. The minimum atomic E-state index is -3.61. The number of aliphatic hydroxyl groups is 1. The highest BCUT2D eigenvalue weighted by Gasteiger charge is 2.33. The summed E-state index contributed by atoms with van der Waals surface area (Å²) in [6.07, 6.45) is 5.35. The summed E-state index contributed by atoms with van der Waals surface area (Å²) in [6, 6.07) is 0.0311. The van der Waals surface area contributed by atoms with Gasteiger partial charge in [0, 0.05) is 18.7 Å². The molecule has 1 aromatic rings. The van der Waals surface area contributed by atoms with Crippen LogP contribution < -0.4 is 0 Å². The summed E-state index contributed by atoms with van der Waals surface area (Å²) in [7, 11) is -2.00. The number of rotatable bonds is 4. The molecule has 1 aromatic heterocycles. The number of hydrogen-bond donors (Lipinski definition) is 2. The molecule has 0 amide bonds. The van der Waals surface area contributed by atoms with Gasteiger partial charge in [-0.1, -0.05) is 19.8 Å². The Bertz CT molecular complexity index is 526. The monoisotopic (exact) mass is 287 g/mol. The van der Waals surface area contributed by atoms with Gasteiger partial charge in [0.2, 0.25) is 0 Å². The molecule has 7 heteroatoms. The summed E-state index contributed by atoms with van der Waals surface area (Å²) in [5.41, 5.74) is 0.315. The first-order valence-corrected chi connectivity index (χ1v) is 8.02. The molecule has 6 nitrogen and oxygen atoms in total. The van der Waals surface area contributed by atoms with E-state index in [-0.39, 0.29) is 17.7 Å². The minimum Gasteiger partial charge on any atom is -0.392 e. The van der Waals surface area contributed by atoms with Crippen molar-refractivity contribution in [1.29, 1.82) is 0 Å². The maximum absolute atomic E-state index is 12.5. The Labute approximate surface area is 113 Å². The minimum absolute atomic E-state index is 0.00993. The van der Waals surface area contributed by atoms with Crippen molar-refractivity contribution in [2.45, 2.75) is 50.3 Å². The molecule has 2 atom stereocenters. The second-order valence-corrected chi connectivity index (χ2v) is 7.26. The van der Waals surface area contributed by atoms with Crippen LogP contribution in [0.25, 0.3) is 0 Å². The molecule has 0 aliphatic heterocycles. The number of H-pyrrole nitrogens is 1. The Hall–Kier alpha value is -0.920. The van der Waals surface area contributed by atoms with Crippen LogP contribution >= 0.6 is 0 Å². The molecular formula is C12H21N3O3S. The lowest BCUT2D eigenvalue weighted by Crippen LogP contribution is -2.40. The van der Waals surface area contributed by atoms with E-state index in [4.69, 9.17) is 5.11 Å². The van der Waals surface area contributed by atoms with Crippen molar-refractivity contribution in [1.82, 2.24) is 14.5 Å². The SMILES string of the molecule is CC1CCCC(N(C)S(=O)(=O)c2[nH]ncc2CO)C1. The van der Waals surface area contributed by atoms with Crippen LogP contribution in [0.3, 0.4) is 0 Å². The standard InChI is InChI=1S/C12H21N3O3S/c1-9-4-3-5-11(6-9)15(2)19(17,18)12-10(8-16)7-13-14-12/h7,9,11,16H,3-6,8H2,1-2H3,(H,13,14). The molecule has 0 radical (unpaired) electrons. The zero-order valence-electron chi connectivity index (χ0n) is 11.3. The molecule has 1 aliphatic rings. The molecule has 0 bridgehead atoms. The summed E-state index contributed by atoms with van der Waals surface area (Å²) >= 11 is 0. The highest BCUT2D eigenvalue weighted by Crippen LogP contribution is 2.30. The van der Waals surface area contributed by atoms with E-state index < -0.39 is 10.0 Å². The summed E-state index contributed by atoms with van der Waals surface area (Å²) in [5, 5.41) is 15.4. The van der Waals surface area contributed by atoms with Crippen LogP contribution in [0.1, 0.15) is 38.2 Å². The Kier molecular flexibility index (Phi) is 4.27. The smallest absolute Gasteiger partial charge is 0.260 e. The van der Waals surface area contributed by atoms with Gasteiger partial charge in [-0.25, -0.2) is 8.42 Å². The van der Waals surface area contributed by atoms with Gasteiger partial charge >= 0.3 is 0 Å². The largest absolute Gasteiger partial charge is 0.392 e. The van der Waals surface area contributed by atoms with Gasteiger partial charge in [-0.3, -0.25) is 5.10 Å². The van der Waals surface area contributed by atoms with E-state index >= 15 is 0 Å². The molecule has 1 heterocycles. The summed E-state index contributed by atoms with van der Waals surface area (Å²) in [5.74, 6) is 0.551. The maximum Gasteiger partial charge on any atom is 0.260 e. The van der Waals surface area contributed by atoms with Gasteiger partial charge < -0.3 is 5.11 Å². The van der Waals surface area contributed by atoms with Crippen LogP contribution in [0.15, 0.2) is 11.2 Å². The molecule has 2 rings (SSSR count). The van der Waals surface area contributed by atoms with Crippen LogP contribution in [0.2, 0.25) is 0 Å². The number of aliphatic hydroxyl groups excluding tert-OH is 1. The second kappa shape index (κ2) is 5.60. The molecule has 1 fully saturated rings. The molecule has 19 heavy (non-hydrogen) atoms. The van der Waals surface area contributed by atoms with Crippen LogP contribution in [0, 0.1) is 5.92 Å². The van der Waals surface area contributed by atoms with Crippen molar-refractivity contribution in [3.63, 3.8) is 0 Å². The van der Waals surface area contributed by atoms with E-state index in [1.165, 1.54) is 10.5 Å². The molecule has 0 spiro atoms. The molecule has 0 aromatic carbocycles. The molecule has 108 valence electrons. The number of nitrogens with one attached hydrogen (secondary N) is 1. The predicted octanol–water partition coefficient (Wildman–Crippen LogP) is 1.10. The zero-order chi connectivity index (χ0) is 14.0. The van der Waals surface area contributed by atoms with E-state index in [0.29, 0.717) is 11.5 Å². The third-order valence-corrected chi connectivity index (χ3v) is 5.83. The highest BCUT2D eigenvalue weighted by molar-refractivity contribution is 7.89. The third-order valence-electron chi connectivity index (χ3n) is 3.91. The number of aromatic nitrogens is 2. The average molecular weight is 287 g/mol. The van der Waals surface area contributed by atoms with Gasteiger partial charge in [0.15, 0.2) is 5.03 Å². The molecule has 2 N–H and O–H groups in total. The third kappa shape index (κ3) is 2.82. The van der Waals surface area contributed by atoms with Crippen molar-refractivity contribution in [3.05, 3.63) is 11.8 Å². The fraction of sp³-hybridized carbons (Fsp3) is 0.750. The predicted molar refractivity (Wildman–Crippen MR) is 70.9 cm³/mol. The first-order valence-electron chi connectivity index (χ1n) is 6.58. The van der Waals surface area contributed by atoms with Gasteiger partial charge in [0.25, 0.3) is 10.0 Å². The van der Waals surface area contributed by atoms with E-state index in [2.05, 4.69) is 17.1 Å². The van der Waals surface area contributed by atoms with Crippen molar-refractivity contribution < 1.29 is 13.5 Å². The van der Waals surface area contributed by atoms with E-state index in [0.717, 1.165) is 25.7 Å². The molecule has 2 unspecified atom stereocenters. The summed E-state index contributed by atoms with van der Waals surface area (Å²) < 4.78 is 26.5. The zero-order valence-corrected chi connectivity index (χ0v) is 12.2. The second-order valence-electron chi connectivity index (χ2n) is 5.33. The lowest BCUT2D eigenvalue weighted by atomic mass is 9.87. The first kappa shape index (κ1) is 14.5. The molecule has 0 saturated heterocycles. The van der Waals surface area contributed by atoms with Crippen LogP contribution in [-0.4, -0.2) is 41.1 Å².